The van der Waals surface area contributed by atoms with Gasteiger partial charge in [0.25, 0.3) is 0 Å². The van der Waals surface area contributed by atoms with Crippen molar-refractivity contribution in [2.75, 3.05) is 5.32 Å². The molecule has 0 radical (unpaired) electrons. The van der Waals surface area contributed by atoms with Crippen molar-refractivity contribution in [3.05, 3.63) is 63.6 Å². The van der Waals surface area contributed by atoms with Gasteiger partial charge in [0.05, 0.1) is 0 Å². The van der Waals surface area contributed by atoms with E-state index in [1.165, 1.54) is 17.2 Å². The fourth-order valence-corrected chi connectivity index (χ4v) is 3.08. The van der Waals surface area contributed by atoms with Crippen LogP contribution in [-0.2, 0) is 12.8 Å². The Labute approximate surface area is 125 Å². The highest BCUT2D eigenvalue weighted by Gasteiger charge is 2.18. The maximum absolute atomic E-state index is 13.2. The van der Waals surface area contributed by atoms with Gasteiger partial charge in [-0.25, -0.2) is 8.78 Å². The molecule has 0 aliphatic heterocycles. The molecule has 0 aromatic heterocycles. The first kappa shape index (κ1) is 13.6. The lowest BCUT2D eigenvalue weighted by Crippen LogP contribution is -2.27. The van der Waals surface area contributed by atoms with Crippen molar-refractivity contribution in [1.82, 2.24) is 0 Å². The molecule has 3 rings (SSSR count). The molecule has 0 spiro atoms. The second-order valence-corrected chi connectivity index (χ2v) is 6.04. The molecule has 20 heavy (non-hydrogen) atoms. The van der Waals surface area contributed by atoms with Crippen LogP contribution in [0.15, 0.2) is 40.9 Å². The maximum atomic E-state index is 13.2. The van der Waals surface area contributed by atoms with E-state index in [9.17, 15) is 8.78 Å². The van der Waals surface area contributed by atoms with Crippen LogP contribution in [0.4, 0.5) is 14.5 Å². The van der Waals surface area contributed by atoms with E-state index in [4.69, 9.17) is 0 Å². The Morgan fingerprint density at radius 1 is 1.00 bits per heavy atom. The van der Waals surface area contributed by atoms with Crippen molar-refractivity contribution >= 4 is 21.6 Å². The third kappa shape index (κ3) is 2.85. The van der Waals surface area contributed by atoms with Crippen molar-refractivity contribution in [2.24, 2.45) is 0 Å². The van der Waals surface area contributed by atoms with Gasteiger partial charge in [0.2, 0.25) is 0 Å². The highest BCUT2D eigenvalue weighted by atomic mass is 79.9. The first-order chi connectivity index (χ1) is 9.61. The van der Waals surface area contributed by atoms with E-state index in [2.05, 4.69) is 33.4 Å². The second kappa shape index (κ2) is 5.52. The normalized spacial score (nSPS) is 17.6. The summed E-state index contributed by atoms with van der Waals surface area (Å²) in [5, 5.41) is 3.29. The molecular weight excluding hydrogens is 324 g/mol. The molecule has 1 nitrogen and oxygen atoms in total. The molecule has 0 saturated carbocycles. The molecule has 0 amide bonds. The van der Waals surface area contributed by atoms with Gasteiger partial charge in [0.15, 0.2) is 11.6 Å². The topological polar surface area (TPSA) is 12.0 Å². The van der Waals surface area contributed by atoms with Gasteiger partial charge in [-0.15, -0.1) is 0 Å². The number of hydrogen-bond acceptors (Lipinski definition) is 1. The summed E-state index contributed by atoms with van der Waals surface area (Å²) in [6.45, 7) is 0. The van der Waals surface area contributed by atoms with Gasteiger partial charge >= 0.3 is 0 Å². The smallest absolute Gasteiger partial charge is 0.160 e. The van der Waals surface area contributed by atoms with Crippen LogP contribution in [-0.4, -0.2) is 6.04 Å². The van der Waals surface area contributed by atoms with E-state index in [1.807, 2.05) is 6.07 Å². The lowest BCUT2D eigenvalue weighted by atomic mass is 9.88. The van der Waals surface area contributed by atoms with Crippen molar-refractivity contribution in [3.63, 3.8) is 0 Å². The monoisotopic (exact) mass is 337 g/mol. The molecule has 104 valence electrons. The van der Waals surface area contributed by atoms with E-state index in [1.54, 1.807) is 6.07 Å². The number of anilines is 1. The number of halogens is 3. The number of aryl methyl sites for hydroxylation is 1. The lowest BCUT2D eigenvalue weighted by Gasteiger charge is -2.26. The molecule has 2 aromatic rings. The van der Waals surface area contributed by atoms with E-state index in [-0.39, 0.29) is 6.04 Å². The third-order valence-corrected chi connectivity index (χ3v) is 4.18. The predicted octanol–water partition coefficient (Wildman–Crippen LogP) is 4.70. The Morgan fingerprint density at radius 3 is 2.65 bits per heavy atom. The Balaban J connectivity index is 1.74. The molecule has 0 heterocycles. The Morgan fingerprint density at radius 2 is 1.85 bits per heavy atom. The fraction of sp³-hybridized carbons (Fsp3) is 0.250. The van der Waals surface area contributed by atoms with E-state index < -0.39 is 11.6 Å². The molecule has 1 N–H and O–H groups in total. The number of hydrogen-bond donors (Lipinski definition) is 1. The van der Waals surface area contributed by atoms with Crippen molar-refractivity contribution in [2.45, 2.75) is 25.3 Å². The summed E-state index contributed by atoms with van der Waals surface area (Å²) in [5.74, 6) is -1.62. The zero-order chi connectivity index (χ0) is 14.1. The summed E-state index contributed by atoms with van der Waals surface area (Å²) in [6, 6.07) is 10.5. The first-order valence-corrected chi connectivity index (χ1v) is 7.40. The Bertz CT molecular complexity index is 642. The summed E-state index contributed by atoms with van der Waals surface area (Å²) in [6.07, 6.45) is 2.89. The Hall–Kier alpha value is -1.42. The highest BCUT2D eigenvalue weighted by Crippen LogP contribution is 2.26. The summed E-state index contributed by atoms with van der Waals surface area (Å²) >= 11 is 3.48. The van der Waals surface area contributed by atoms with Gasteiger partial charge in [0, 0.05) is 22.3 Å². The molecule has 4 heteroatoms. The standard InChI is InChI=1S/C16H14BrF2N/c17-12-3-1-11-8-13(4-2-10(11)7-12)20-14-5-6-15(18)16(19)9-14/h1,3,5-7,9,13,20H,2,4,8H2. The van der Waals surface area contributed by atoms with Gasteiger partial charge in [-0.3, -0.25) is 0 Å². The number of nitrogens with one attached hydrogen (secondary N) is 1. The zero-order valence-electron chi connectivity index (χ0n) is 10.8. The molecule has 0 fully saturated rings. The van der Waals surface area contributed by atoms with Crippen molar-refractivity contribution in [3.8, 4) is 0 Å². The largest absolute Gasteiger partial charge is 0.382 e. The highest BCUT2D eigenvalue weighted by molar-refractivity contribution is 9.10. The third-order valence-electron chi connectivity index (χ3n) is 3.69. The van der Waals surface area contributed by atoms with Gasteiger partial charge in [-0.2, -0.15) is 0 Å². The molecule has 0 bridgehead atoms. The zero-order valence-corrected chi connectivity index (χ0v) is 12.4. The van der Waals surface area contributed by atoms with E-state index >= 15 is 0 Å². The van der Waals surface area contributed by atoms with Crippen LogP contribution < -0.4 is 5.32 Å². The van der Waals surface area contributed by atoms with Gasteiger partial charge in [-0.05, 0) is 54.7 Å². The SMILES string of the molecule is Fc1ccc(NC2CCc3cc(Br)ccc3C2)cc1F. The van der Waals surface area contributed by atoms with Crippen LogP contribution >= 0.6 is 15.9 Å². The number of rotatable bonds is 2. The van der Waals surface area contributed by atoms with Gasteiger partial charge < -0.3 is 5.32 Å². The minimum atomic E-state index is -0.811. The van der Waals surface area contributed by atoms with Gasteiger partial charge in [-0.1, -0.05) is 22.0 Å². The average molecular weight is 338 g/mol. The molecule has 1 aliphatic carbocycles. The fourth-order valence-electron chi connectivity index (χ4n) is 2.67. The van der Waals surface area contributed by atoms with E-state index in [0.29, 0.717) is 5.69 Å². The summed E-state index contributed by atoms with van der Waals surface area (Å²) < 4.78 is 27.2. The number of benzene rings is 2. The van der Waals surface area contributed by atoms with E-state index in [0.717, 1.165) is 29.8 Å². The summed E-state index contributed by atoms with van der Waals surface area (Å²) in [7, 11) is 0. The van der Waals surface area contributed by atoms with Gasteiger partial charge in [0.1, 0.15) is 0 Å². The average Bonchev–Trinajstić information content (AvgIpc) is 2.43. The lowest BCUT2D eigenvalue weighted by molar-refractivity contribution is 0.508. The van der Waals surface area contributed by atoms with Crippen molar-refractivity contribution < 1.29 is 8.78 Å². The van der Waals surface area contributed by atoms with Crippen LogP contribution in [0, 0.1) is 11.6 Å². The summed E-state index contributed by atoms with van der Waals surface area (Å²) in [5.41, 5.74) is 3.32. The number of fused-ring (bicyclic) bond motifs is 1. The quantitative estimate of drug-likeness (QED) is 0.837. The Kier molecular flexibility index (Phi) is 3.74. The van der Waals surface area contributed by atoms with Crippen molar-refractivity contribution in [1.29, 1.82) is 0 Å². The molecular formula is C16H14BrF2N. The molecule has 2 aromatic carbocycles. The van der Waals surface area contributed by atoms with Crippen LogP contribution in [0.5, 0.6) is 0 Å². The predicted molar refractivity (Wildman–Crippen MR) is 79.9 cm³/mol. The molecule has 1 aliphatic rings. The minimum Gasteiger partial charge on any atom is -0.382 e. The maximum Gasteiger partial charge on any atom is 0.160 e. The van der Waals surface area contributed by atoms with Crippen LogP contribution in [0.1, 0.15) is 17.5 Å². The van der Waals surface area contributed by atoms with Crippen LogP contribution in [0.2, 0.25) is 0 Å². The second-order valence-electron chi connectivity index (χ2n) is 5.13. The molecule has 0 saturated heterocycles. The molecule has 1 atom stereocenters. The summed E-state index contributed by atoms with van der Waals surface area (Å²) in [4.78, 5) is 0. The molecule has 1 unspecified atom stereocenters. The van der Waals surface area contributed by atoms with Crippen LogP contribution in [0.25, 0.3) is 0 Å². The van der Waals surface area contributed by atoms with Crippen LogP contribution in [0.3, 0.4) is 0 Å². The first-order valence-electron chi connectivity index (χ1n) is 6.61. The minimum absolute atomic E-state index is 0.258.